The van der Waals surface area contributed by atoms with Gasteiger partial charge in [0.2, 0.25) is 11.6 Å². The molecule has 6 heteroatoms. The van der Waals surface area contributed by atoms with E-state index in [4.69, 9.17) is 11.6 Å². The van der Waals surface area contributed by atoms with E-state index < -0.39 is 17.2 Å². The monoisotopic (exact) mass is 351 g/mol. The van der Waals surface area contributed by atoms with Crippen molar-refractivity contribution in [2.75, 3.05) is 13.2 Å². The third-order valence-corrected chi connectivity index (χ3v) is 4.72. The molecule has 0 radical (unpaired) electrons. The van der Waals surface area contributed by atoms with Crippen LogP contribution < -0.4 is 0 Å². The summed E-state index contributed by atoms with van der Waals surface area (Å²) in [7, 11) is 0. The number of ketones is 2. The van der Waals surface area contributed by atoms with Crippen molar-refractivity contribution >= 4 is 23.2 Å². The average Bonchev–Trinajstić information content (AvgIpc) is 2.56. The van der Waals surface area contributed by atoms with E-state index in [0.29, 0.717) is 11.5 Å². The molecule has 2 atom stereocenters. The fraction of sp³-hybridized carbons (Fsp3) is 0.444. The summed E-state index contributed by atoms with van der Waals surface area (Å²) in [4.78, 5) is 26.3. The number of nitrogens with zero attached hydrogens (tertiary/aromatic N) is 1. The highest BCUT2D eigenvalue weighted by atomic mass is 35.5. The Kier molecular flexibility index (Phi) is 5.48. The highest BCUT2D eigenvalue weighted by Crippen LogP contribution is 2.37. The summed E-state index contributed by atoms with van der Waals surface area (Å²) in [6, 6.07) is 0. The number of aliphatic hydroxyl groups excluding tert-OH is 1. The molecule has 130 valence electrons. The lowest BCUT2D eigenvalue weighted by Crippen LogP contribution is -2.49. The molecule has 0 spiro atoms. The van der Waals surface area contributed by atoms with Crippen LogP contribution in [0.4, 0.5) is 0 Å². The Morgan fingerprint density at radius 3 is 2.62 bits per heavy atom. The standard InChI is InChI=1S/C18H22ClNO4/c1-4-11(2)5-6-12-9-13-14(10-20(12)7-8-21)16(22)18(3,24)17(23)15(13)19/h5-6,9-11,21,24H,4,7-8H2,1-3H3. The number of aliphatic hydroxyl groups is 2. The van der Waals surface area contributed by atoms with Gasteiger partial charge < -0.3 is 15.1 Å². The number of halogens is 1. The second-order valence-electron chi connectivity index (χ2n) is 6.23. The van der Waals surface area contributed by atoms with Gasteiger partial charge in [0, 0.05) is 29.6 Å². The van der Waals surface area contributed by atoms with Crippen molar-refractivity contribution in [3.8, 4) is 0 Å². The van der Waals surface area contributed by atoms with Gasteiger partial charge >= 0.3 is 0 Å². The summed E-state index contributed by atoms with van der Waals surface area (Å²) in [5.41, 5.74) is -0.937. The SMILES string of the molecule is CCC(C)C=CC1=CC2=C(Cl)C(=O)C(C)(O)C(=O)C2=CN1CCO. The fourth-order valence-electron chi connectivity index (χ4n) is 2.52. The number of rotatable bonds is 5. The van der Waals surface area contributed by atoms with Crippen molar-refractivity contribution in [2.45, 2.75) is 32.8 Å². The summed E-state index contributed by atoms with van der Waals surface area (Å²) in [5.74, 6) is -1.11. The molecular weight excluding hydrogens is 330 g/mol. The zero-order valence-corrected chi connectivity index (χ0v) is 14.8. The summed E-state index contributed by atoms with van der Waals surface area (Å²) in [6.45, 7) is 5.49. The van der Waals surface area contributed by atoms with E-state index in [1.54, 1.807) is 11.0 Å². The van der Waals surface area contributed by atoms with Gasteiger partial charge in [-0.2, -0.15) is 0 Å². The minimum Gasteiger partial charge on any atom is -0.395 e. The average molecular weight is 352 g/mol. The number of allylic oxidation sites excluding steroid dienone is 4. The van der Waals surface area contributed by atoms with Gasteiger partial charge in [-0.3, -0.25) is 9.59 Å². The molecular formula is C18H22ClNO4. The maximum atomic E-state index is 12.4. The number of carbonyl (C=O) groups excluding carboxylic acids is 2. The van der Waals surface area contributed by atoms with Crippen LogP contribution >= 0.6 is 11.6 Å². The van der Waals surface area contributed by atoms with Gasteiger partial charge in [-0.25, -0.2) is 0 Å². The van der Waals surface area contributed by atoms with Gasteiger partial charge in [0.25, 0.3) is 0 Å². The van der Waals surface area contributed by atoms with Crippen molar-refractivity contribution in [1.82, 2.24) is 4.90 Å². The number of carbonyl (C=O) groups is 2. The Bertz CT molecular complexity index is 685. The van der Waals surface area contributed by atoms with Crippen LogP contribution in [0.15, 0.2) is 46.3 Å². The molecule has 0 aromatic carbocycles. The van der Waals surface area contributed by atoms with Crippen molar-refractivity contribution in [3.63, 3.8) is 0 Å². The Balaban J connectivity index is 2.53. The van der Waals surface area contributed by atoms with Crippen LogP contribution in [0.25, 0.3) is 0 Å². The first kappa shape index (κ1) is 18.6. The third-order valence-electron chi connectivity index (χ3n) is 4.34. The highest BCUT2D eigenvalue weighted by Gasteiger charge is 2.48. The van der Waals surface area contributed by atoms with Crippen LogP contribution in [0.3, 0.4) is 0 Å². The van der Waals surface area contributed by atoms with Gasteiger partial charge in [0.05, 0.1) is 11.6 Å². The normalized spacial score (nSPS) is 25.8. The smallest absolute Gasteiger partial charge is 0.214 e. The molecule has 2 aliphatic rings. The Morgan fingerprint density at radius 1 is 1.38 bits per heavy atom. The summed E-state index contributed by atoms with van der Waals surface area (Å²) >= 11 is 6.11. The van der Waals surface area contributed by atoms with Crippen LogP contribution in [0, 0.1) is 5.92 Å². The van der Waals surface area contributed by atoms with E-state index in [2.05, 4.69) is 13.8 Å². The second-order valence-corrected chi connectivity index (χ2v) is 6.61. The number of hydrogen-bond donors (Lipinski definition) is 2. The van der Waals surface area contributed by atoms with Gasteiger partial charge in [0.15, 0.2) is 5.60 Å². The summed E-state index contributed by atoms with van der Waals surface area (Å²) < 4.78 is 0. The Hall–Kier alpha value is -1.69. The molecule has 5 nitrogen and oxygen atoms in total. The topological polar surface area (TPSA) is 77.8 Å². The predicted molar refractivity (Wildman–Crippen MR) is 92.1 cm³/mol. The highest BCUT2D eigenvalue weighted by molar-refractivity contribution is 6.49. The maximum absolute atomic E-state index is 12.4. The fourth-order valence-corrected chi connectivity index (χ4v) is 2.86. The van der Waals surface area contributed by atoms with E-state index >= 15 is 0 Å². The molecule has 0 aromatic heterocycles. The quantitative estimate of drug-likeness (QED) is 0.741. The lowest BCUT2D eigenvalue weighted by Gasteiger charge is -2.33. The van der Waals surface area contributed by atoms with Crippen molar-refractivity contribution in [1.29, 1.82) is 0 Å². The summed E-state index contributed by atoms with van der Waals surface area (Å²) in [5, 5.41) is 19.3. The molecule has 1 aliphatic carbocycles. The lowest BCUT2D eigenvalue weighted by atomic mass is 9.79. The number of β-amino-alcohol motifs (C(OH)–C–C–N with tert-alkyl or cyclic N) is 1. The minimum absolute atomic E-state index is 0.103. The number of fused-ring (bicyclic) bond motifs is 1. The minimum atomic E-state index is -2.16. The van der Waals surface area contributed by atoms with Gasteiger partial charge in [-0.05, 0) is 25.0 Å². The first-order valence-corrected chi connectivity index (χ1v) is 8.33. The van der Waals surface area contributed by atoms with Crippen molar-refractivity contribution < 1.29 is 19.8 Å². The molecule has 2 rings (SSSR count). The molecule has 1 heterocycles. The van der Waals surface area contributed by atoms with Gasteiger partial charge in [0.1, 0.15) is 0 Å². The number of hydrogen-bond acceptors (Lipinski definition) is 5. The van der Waals surface area contributed by atoms with Crippen molar-refractivity contribution in [3.05, 3.63) is 46.3 Å². The molecule has 0 aromatic rings. The first-order chi connectivity index (χ1) is 11.2. The zero-order valence-electron chi connectivity index (χ0n) is 14.0. The maximum Gasteiger partial charge on any atom is 0.214 e. The Labute approximate surface area is 146 Å². The first-order valence-electron chi connectivity index (χ1n) is 7.95. The van der Waals surface area contributed by atoms with Crippen LogP contribution in [0.5, 0.6) is 0 Å². The summed E-state index contributed by atoms with van der Waals surface area (Å²) in [6.07, 6.45) is 8.07. The van der Waals surface area contributed by atoms with Gasteiger partial charge in [-0.1, -0.05) is 37.9 Å². The number of Topliss-reactive ketones (excluding diaryl/α,β-unsaturated/α-hetero) is 2. The molecule has 0 amide bonds. The largest absolute Gasteiger partial charge is 0.395 e. The molecule has 0 fully saturated rings. The zero-order chi connectivity index (χ0) is 18.1. The molecule has 0 bridgehead atoms. The van der Waals surface area contributed by atoms with E-state index in [0.717, 1.165) is 19.0 Å². The van der Waals surface area contributed by atoms with Crippen LogP contribution in [-0.2, 0) is 9.59 Å². The Morgan fingerprint density at radius 2 is 2.04 bits per heavy atom. The molecule has 2 unspecified atom stereocenters. The van der Waals surface area contributed by atoms with E-state index in [9.17, 15) is 19.8 Å². The van der Waals surface area contributed by atoms with Crippen LogP contribution in [-0.4, -0.2) is 45.4 Å². The molecule has 2 N–H and O–H groups in total. The second kappa shape index (κ2) is 7.05. The third kappa shape index (κ3) is 3.24. The van der Waals surface area contributed by atoms with E-state index in [-0.39, 0.29) is 23.8 Å². The molecule has 1 aliphatic heterocycles. The van der Waals surface area contributed by atoms with E-state index in [1.165, 1.54) is 6.20 Å². The van der Waals surface area contributed by atoms with Gasteiger partial charge in [-0.15, -0.1) is 0 Å². The van der Waals surface area contributed by atoms with Crippen LogP contribution in [0.2, 0.25) is 0 Å². The van der Waals surface area contributed by atoms with E-state index in [1.807, 2.05) is 12.2 Å². The van der Waals surface area contributed by atoms with Crippen molar-refractivity contribution in [2.24, 2.45) is 5.92 Å². The molecule has 0 saturated carbocycles. The predicted octanol–water partition coefficient (Wildman–Crippen LogP) is 2.06. The molecule has 24 heavy (non-hydrogen) atoms. The van der Waals surface area contributed by atoms with Crippen LogP contribution in [0.1, 0.15) is 27.2 Å². The lowest BCUT2D eigenvalue weighted by molar-refractivity contribution is -0.144. The molecule has 0 saturated heterocycles.